The van der Waals surface area contributed by atoms with Crippen LogP contribution in [0.2, 0.25) is 0 Å². The summed E-state index contributed by atoms with van der Waals surface area (Å²) in [6.07, 6.45) is 12.4. The lowest BCUT2D eigenvalue weighted by molar-refractivity contribution is 0.467. The molecule has 0 heterocycles. The molecular formula is C21H22NOP. The minimum Gasteiger partial charge on any atom is -0.507 e. The van der Waals surface area contributed by atoms with Gasteiger partial charge in [0.05, 0.1) is 0 Å². The second-order valence-corrected chi connectivity index (χ2v) is 7.25. The lowest BCUT2D eigenvalue weighted by atomic mass is 9.93. The van der Waals surface area contributed by atoms with Crippen LogP contribution in [-0.2, 0) is 6.42 Å². The molecule has 1 aliphatic rings. The fourth-order valence-electron chi connectivity index (χ4n) is 2.93. The maximum atomic E-state index is 10.7. The van der Waals surface area contributed by atoms with Crippen LogP contribution in [0.4, 0.5) is 0 Å². The van der Waals surface area contributed by atoms with Gasteiger partial charge in [0.25, 0.3) is 0 Å². The standard InChI is InChI=1S/C21H22NOP/c1-22-15-18-10-5-6-12-19(18)24-20-13-7-11-17(21(20)23)14-16-8-3-2-4-9-16/h2-8,10-13,15-16,23-24H,9,14H2,1H3. The number of rotatable bonds is 5. The smallest absolute Gasteiger partial charge is 0.126 e. The van der Waals surface area contributed by atoms with Crippen molar-refractivity contribution >= 4 is 25.4 Å². The fraction of sp³-hybridized carbons (Fsp3) is 0.190. The number of nitrogens with zero attached hydrogens (tertiary/aromatic N) is 1. The molecule has 2 atom stereocenters. The Hall–Kier alpha value is -2.18. The number of aliphatic imine (C=N–C) groups is 1. The first-order valence-electron chi connectivity index (χ1n) is 8.20. The molecule has 0 saturated heterocycles. The van der Waals surface area contributed by atoms with Crippen LogP contribution in [0.25, 0.3) is 0 Å². The Morgan fingerprint density at radius 3 is 2.75 bits per heavy atom. The topological polar surface area (TPSA) is 32.6 Å². The zero-order valence-electron chi connectivity index (χ0n) is 13.8. The Morgan fingerprint density at radius 1 is 1.12 bits per heavy atom. The highest BCUT2D eigenvalue weighted by atomic mass is 31.1. The van der Waals surface area contributed by atoms with Gasteiger partial charge in [0.2, 0.25) is 0 Å². The van der Waals surface area contributed by atoms with Crippen molar-refractivity contribution in [2.24, 2.45) is 10.9 Å². The summed E-state index contributed by atoms with van der Waals surface area (Å²) in [6.45, 7) is 0. The second-order valence-electron chi connectivity index (χ2n) is 5.93. The Balaban J connectivity index is 1.83. The normalized spacial score (nSPS) is 17.3. The van der Waals surface area contributed by atoms with Crippen LogP contribution in [0.5, 0.6) is 5.75 Å². The largest absolute Gasteiger partial charge is 0.507 e. The second kappa shape index (κ2) is 8.08. The summed E-state index contributed by atoms with van der Waals surface area (Å²) in [7, 11) is 2.20. The number of benzene rings is 2. The third-order valence-electron chi connectivity index (χ3n) is 4.17. The van der Waals surface area contributed by atoms with E-state index in [1.807, 2.05) is 30.5 Å². The van der Waals surface area contributed by atoms with Gasteiger partial charge in [-0.25, -0.2) is 0 Å². The summed E-state index contributed by atoms with van der Waals surface area (Å²) in [5, 5.41) is 12.9. The van der Waals surface area contributed by atoms with Crippen molar-refractivity contribution < 1.29 is 5.11 Å². The number of aromatic hydroxyl groups is 1. The summed E-state index contributed by atoms with van der Waals surface area (Å²) < 4.78 is 0. The van der Waals surface area contributed by atoms with Crippen molar-refractivity contribution in [3.63, 3.8) is 0 Å². The minimum absolute atomic E-state index is 0.420. The predicted molar refractivity (Wildman–Crippen MR) is 106 cm³/mol. The lowest BCUT2D eigenvalue weighted by Gasteiger charge is -2.16. The van der Waals surface area contributed by atoms with Crippen LogP contribution < -0.4 is 10.6 Å². The monoisotopic (exact) mass is 335 g/mol. The average Bonchev–Trinajstić information content (AvgIpc) is 2.61. The highest BCUT2D eigenvalue weighted by Gasteiger charge is 2.13. The molecule has 24 heavy (non-hydrogen) atoms. The molecule has 0 aliphatic heterocycles. The molecule has 0 fully saturated rings. The molecule has 0 radical (unpaired) electrons. The van der Waals surface area contributed by atoms with Gasteiger partial charge in [0.15, 0.2) is 0 Å². The quantitative estimate of drug-likeness (QED) is 0.655. The van der Waals surface area contributed by atoms with Gasteiger partial charge >= 0.3 is 0 Å². The Bertz CT molecular complexity index is 792. The van der Waals surface area contributed by atoms with E-state index in [4.69, 9.17) is 0 Å². The first-order valence-corrected chi connectivity index (χ1v) is 9.20. The molecule has 2 unspecified atom stereocenters. The van der Waals surface area contributed by atoms with Gasteiger partial charge < -0.3 is 5.11 Å². The van der Waals surface area contributed by atoms with E-state index >= 15 is 0 Å². The van der Waals surface area contributed by atoms with Gasteiger partial charge in [-0.3, -0.25) is 4.99 Å². The fourth-order valence-corrected chi connectivity index (χ4v) is 4.15. The minimum atomic E-state index is 0.420. The third-order valence-corrected chi connectivity index (χ3v) is 5.57. The Labute approximate surface area is 145 Å². The van der Waals surface area contributed by atoms with E-state index in [-0.39, 0.29) is 0 Å². The van der Waals surface area contributed by atoms with E-state index in [2.05, 4.69) is 47.5 Å². The molecular weight excluding hydrogens is 313 g/mol. The number of phenols is 1. The molecule has 3 rings (SSSR count). The molecule has 3 heteroatoms. The van der Waals surface area contributed by atoms with Crippen molar-refractivity contribution in [1.29, 1.82) is 0 Å². The number of hydrogen-bond donors (Lipinski definition) is 1. The van der Waals surface area contributed by atoms with Crippen LogP contribution >= 0.6 is 8.58 Å². The van der Waals surface area contributed by atoms with Crippen LogP contribution in [0, 0.1) is 5.92 Å². The zero-order valence-corrected chi connectivity index (χ0v) is 14.8. The first-order chi connectivity index (χ1) is 11.8. The first kappa shape index (κ1) is 16.7. The predicted octanol–water partition coefficient (Wildman–Crippen LogP) is 3.75. The number of para-hydroxylation sites is 1. The SMILES string of the molecule is CN=Cc1ccccc1Pc1cccc(CC2C=CC=CC2)c1O. The maximum Gasteiger partial charge on any atom is 0.126 e. The molecule has 2 aromatic carbocycles. The molecule has 0 amide bonds. The molecule has 2 aromatic rings. The van der Waals surface area contributed by atoms with Gasteiger partial charge in [0, 0.05) is 18.6 Å². The molecule has 1 aliphatic carbocycles. The van der Waals surface area contributed by atoms with Crippen LogP contribution in [0.15, 0.2) is 71.8 Å². The molecule has 1 N–H and O–H groups in total. The van der Waals surface area contributed by atoms with E-state index in [1.54, 1.807) is 7.05 Å². The van der Waals surface area contributed by atoms with Gasteiger partial charge in [-0.05, 0) is 35.2 Å². The van der Waals surface area contributed by atoms with E-state index < -0.39 is 0 Å². The molecule has 122 valence electrons. The van der Waals surface area contributed by atoms with E-state index in [9.17, 15) is 5.11 Å². The summed E-state index contributed by atoms with van der Waals surface area (Å²) in [5.41, 5.74) is 2.15. The molecule has 0 spiro atoms. The number of allylic oxidation sites excluding steroid dienone is 4. The zero-order chi connectivity index (χ0) is 16.8. The van der Waals surface area contributed by atoms with Gasteiger partial charge in [-0.15, -0.1) is 0 Å². The summed E-state index contributed by atoms with van der Waals surface area (Å²) in [6, 6.07) is 14.3. The van der Waals surface area contributed by atoms with Crippen molar-refractivity contribution in [3.8, 4) is 5.75 Å². The molecule has 0 aromatic heterocycles. The number of phenolic OH excluding ortho intramolecular Hbond substituents is 1. The van der Waals surface area contributed by atoms with Crippen molar-refractivity contribution in [3.05, 3.63) is 77.9 Å². The van der Waals surface area contributed by atoms with Crippen molar-refractivity contribution in [1.82, 2.24) is 0 Å². The molecule has 2 nitrogen and oxygen atoms in total. The van der Waals surface area contributed by atoms with E-state index in [0.29, 0.717) is 20.2 Å². The van der Waals surface area contributed by atoms with E-state index in [0.717, 1.165) is 29.3 Å². The Morgan fingerprint density at radius 2 is 1.96 bits per heavy atom. The maximum absolute atomic E-state index is 10.7. The molecule has 0 saturated carbocycles. The third kappa shape index (κ3) is 4.01. The van der Waals surface area contributed by atoms with E-state index in [1.165, 1.54) is 5.30 Å². The van der Waals surface area contributed by atoms with Gasteiger partial charge in [0.1, 0.15) is 5.75 Å². The van der Waals surface area contributed by atoms with Crippen molar-refractivity contribution in [2.75, 3.05) is 7.05 Å². The highest BCUT2D eigenvalue weighted by molar-refractivity contribution is 7.56. The molecule has 0 bridgehead atoms. The summed E-state index contributed by atoms with van der Waals surface area (Å²) in [4.78, 5) is 4.13. The van der Waals surface area contributed by atoms with Crippen LogP contribution in [0.1, 0.15) is 17.5 Å². The average molecular weight is 335 g/mol. The summed E-state index contributed by atoms with van der Waals surface area (Å²) >= 11 is 0. The van der Waals surface area contributed by atoms with Crippen molar-refractivity contribution in [2.45, 2.75) is 12.8 Å². The van der Waals surface area contributed by atoms with Crippen LogP contribution in [0.3, 0.4) is 0 Å². The summed E-state index contributed by atoms with van der Waals surface area (Å²) in [5.74, 6) is 0.918. The Kier molecular flexibility index (Phi) is 5.61. The van der Waals surface area contributed by atoms with Gasteiger partial charge in [-0.1, -0.05) is 75.3 Å². The number of hydrogen-bond acceptors (Lipinski definition) is 2. The lowest BCUT2D eigenvalue weighted by Crippen LogP contribution is -2.11. The highest BCUT2D eigenvalue weighted by Crippen LogP contribution is 2.27. The van der Waals surface area contributed by atoms with Gasteiger partial charge in [-0.2, -0.15) is 0 Å². The van der Waals surface area contributed by atoms with Crippen LogP contribution in [-0.4, -0.2) is 18.4 Å².